The lowest BCUT2D eigenvalue weighted by atomic mass is 9.97. The fourth-order valence-electron chi connectivity index (χ4n) is 3.53. The molecule has 26 heavy (non-hydrogen) atoms. The zero-order valence-corrected chi connectivity index (χ0v) is 15.8. The van der Waals surface area contributed by atoms with Crippen LogP contribution in [0.3, 0.4) is 0 Å². The van der Waals surface area contributed by atoms with Crippen LogP contribution in [-0.4, -0.2) is 6.79 Å². The van der Waals surface area contributed by atoms with Crippen LogP contribution >= 0.6 is 0 Å². The SMILES string of the molecule is Cc1cc2ccccc2c2c1OCOc1c(C)c(C)c(C)c(C)c1N=N2. The molecule has 0 atom stereocenters. The van der Waals surface area contributed by atoms with Gasteiger partial charge in [-0.3, -0.25) is 0 Å². The highest BCUT2D eigenvalue weighted by atomic mass is 16.7. The zero-order chi connectivity index (χ0) is 18.4. The maximum absolute atomic E-state index is 6.00. The van der Waals surface area contributed by atoms with E-state index in [0.29, 0.717) is 0 Å². The largest absolute Gasteiger partial charge is 0.455 e. The van der Waals surface area contributed by atoms with Gasteiger partial charge in [-0.15, -0.1) is 10.2 Å². The first-order chi connectivity index (χ1) is 12.5. The van der Waals surface area contributed by atoms with Crippen LogP contribution in [0.2, 0.25) is 0 Å². The van der Waals surface area contributed by atoms with E-state index in [-0.39, 0.29) is 6.79 Å². The molecule has 4 nitrogen and oxygen atoms in total. The van der Waals surface area contributed by atoms with Gasteiger partial charge in [0.25, 0.3) is 0 Å². The molecular formula is C22H22N2O2. The normalized spacial score (nSPS) is 13.1. The number of aryl methyl sites for hydroxylation is 1. The van der Waals surface area contributed by atoms with Crippen molar-refractivity contribution in [1.82, 2.24) is 0 Å². The van der Waals surface area contributed by atoms with Crippen molar-refractivity contribution in [3.63, 3.8) is 0 Å². The highest BCUT2D eigenvalue weighted by molar-refractivity contribution is 5.96. The van der Waals surface area contributed by atoms with E-state index in [2.05, 4.69) is 50.1 Å². The molecule has 0 aromatic heterocycles. The molecule has 0 saturated carbocycles. The average molecular weight is 346 g/mol. The minimum absolute atomic E-state index is 0.132. The fraction of sp³-hybridized carbons (Fsp3) is 0.273. The summed E-state index contributed by atoms with van der Waals surface area (Å²) in [5.74, 6) is 1.48. The summed E-state index contributed by atoms with van der Waals surface area (Å²) in [5.41, 5.74) is 7.17. The second kappa shape index (κ2) is 6.13. The number of nitrogens with zero attached hydrogens (tertiary/aromatic N) is 2. The Morgan fingerprint density at radius 2 is 1.38 bits per heavy atom. The summed E-state index contributed by atoms with van der Waals surface area (Å²) in [5, 5.41) is 11.4. The summed E-state index contributed by atoms with van der Waals surface area (Å²) in [6.45, 7) is 10.5. The van der Waals surface area contributed by atoms with E-state index in [4.69, 9.17) is 9.47 Å². The van der Waals surface area contributed by atoms with E-state index < -0.39 is 0 Å². The summed E-state index contributed by atoms with van der Waals surface area (Å²) < 4.78 is 12.0. The predicted octanol–water partition coefficient (Wildman–Crippen LogP) is 6.53. The van der Waals surface area contributed by atoms with Crippen LogP contribution in [0.1, 0.15) is 27.8 Å². The number of hydrogen-bond acceptors (Lipinski definition) is 4. The first-order valence-corrected chi connectivity index (χ1v) is 8.79. The lowest BCUT2D eigenvalue weighted by molar-refractivity contribution is 0.120. The van der Waals surface area contributed by atoms with Gasteiger partial charge in [0.05, 0.1) is 0 Å². The monoisotopic (exact) mass is 346 g/mol. The van der Waals surface area contributed by atoms with Crippen molar-refractivity contribution in [2.75, 3.05) is 6.79 Å². The molecule has 0 bridgehead atoms. The molecule has 0 spiro atoms. The number of hydrogen-bond donors (Lipinski definition) is 0. The van der Waals surface area contributed by atoms with Gasteiger partial charge in [-0.1, -0.05) is 24.3 Å². The van der Waals surface area contributed by atoms with Gasteiger partial charge < -0.3 is 9.47 Å². The quantitative estimate of drug-likeness (QED) is 0.464. The van der Waals surface area contributed by atoms with E-state index in [1.165, 1.54) is 11.1 Å². The third kappa shape index (κ3) is 2.45. The molecule has 0 fully saturated rings. The minimum Gasteiger partial charge on any atom is -0.455 e. The average Bonchev–Trinajstić information content (AvgIpc) is 2.74. The third-order valence-corrected chi connectivity index (χ3v) is 5.42. The molecule has 0 aliphatic carbocycles. The molecule has 0 saturated heterocycles. The number of benzene rings is 3. The Balaban J connectivity index is 2.01. The van der Waals surface area contributed by atoms with Gasteiger partial charge in [0.1, 0.15) is 11.4 Å². The van der Waals surface area contributed by atoms with Crippen LogP contribution < -0.4 is 9.47 Å². The Labute approximate surface area is 153 Å². The minimum atomic E-state index is 0.132. The first kappa shape index (κ1) is 16.6. The van der Waals surface area contributed by atoms with Crippen LogP contribution in [0.25, 0.3) is 10.8 Å². The van der Waals surface area contributed by atoms with Gasteiger partial charge in [0.2, 0.25) is 6.79 Å². The Hall–Kier alpha value is -2.88. The van der Waals surface area contributed by atoms with Crippen molar-refractivity contribution in [3.8, 4) is 11.5 Å². The van der Waals surface area contributed by atoms with E-state index in [0.717, 1.165) is 50.3 Å². The second-order valence-electron chi connectivity index (χ2n) is 6.88. The Morgan fingerprint density at radius 1 is 0.731 bits per heavy atom. The molecular weight excluding hydrogens is 324 g/mol. The summed E-state index contributed by atoms with van der Waals surface area (Å²) >= 11 is 0. The standard InChI is InChI=1S/C22H22N2O2/c1-12-10-17-8-6-7-9-18(17)20-21(12)25-11-26-22-16(5)14(3)13(2)15(4)19(22)23-24-20/h6-10H,11H2,1-5H3. The molecule has 0 radical (unpaired) electrons. The molecule has 0 unspecified atom stereocenters. The lowest BCUT2D eigenvalue weighted by Gasteiger charge is -2.17. The molecule has 4 heteroatoms. The van der Waals surface area contributed by atoms with Crippen molar-refractivity contribution in [1.29, 1.82) is 0 Å². The van der Waals surface area contributed by atoms with Gasteiger partial charge in [0.15, 0.2) is 11.5 Å². The lowest BCUT2D eigenvalue weighted by Crippen LogP contribution is -2.08. The molecule has 3 aromatic carbocycles. The number of azo groups is 1. The highest BCUT2D eigenvalue weighted by Gasteiger charge is 2.20. The van der Waals surface area contributed by atoms with Crippen LogP contribution in [0, 0.1) is 34.6 Å². The first-order valence-electron chi connectivity index (χ1n) is 8.79. The summed E-state index contributed by atoms with van der Waals surface area (Å²) in [4.78, 5) is 0. The highest BCUT2D eigenvalue weighted by Crippen LogP contribution is 2.44. The van der Waals surface area contributed by atoms with Crippen molar-refractivity contribution in [3.05, 3.63) is 58.1 Å². The van der Waals surface area contributed by atoms with Gasteiger partial charge in [0, 0.05) is 5.39 Å². The maximum Gasteiger partial charge on any atom is 0.231 e. The molecule has 1 aliphatic heterocycles. The van der Waals surface area contributed by atoms with Crippen molar-refractivity contribution < 1.29 is 9.47 Å². The van der Waals surface area contributed by atoms with Crippen LogP contribution in [0.5, 0.6) is 11.5 Å². The van der Waals surface area contributed by atoms with Crippen molar-refractivity contribution in [2.24, 2.45) is 10.2 Å². The second-order valence-corrected chi connectivity index (χ2v) is 6.88. The van der Waals surface area contributed by atoms with Crippen molar-refractivity contribution in [2.45, 2.75) is 34.6 Å². The Morgan fingerprint density at radius 3 is 2.19 bits per heavy atom. The van der Waals surface area contributed by atoms with E-state index >= 15 is 0 Å². The summed E-state index contributed by atoms with van der Waals surface area (Å²) in [7, 11) is 0. The van der Waals surface area contributed by atoms with Gasteiger partial charge in [-0.2, -0.15) is 0 Å². The summed E-state index contributed by atoms with van der Waals surface area (Å²) in [6, 6.07) is 10.3. The van der Waals surface area contributed by atoms with Gasteiger partial charge >= 0.3 is 0 Å². The van der Waals surface area contributed by atoms with E-state index in [1.54, 1.807) is 0 Å². The predicted molar refractivity (Wildman–Crippen MR) is 104 cm³/mol. The molecule has 1 aliphatic rings. The Kier molecular flexibility index (Phi) is 3.91. The molecule has 4 rings (SSSR count). The van der Waals surface area contributed by atoms with Crippen LogP contribution in [-0.2, 0) is 0 Å². The van der Waals surface area contributed by atoms with Crippen molar-refractivity contribution >= 4 is 22.1 Å². The van der Waals surface area contributed by atoms with Crippen LogP contribution in [0.4, 0.5) is 11.4 Å². The van der Waals surface area contributed by atoms with E-state index in [1.807, 2.05) is 25.1 Å². The molecule has 0 amide bonds. The van der Waals surface area contributed by atoms with E-state index in [9.17, 15) is 0 Å². The number of ether oxygens (including phenoxy) is 2. The Bertz CT molecular complexity index is 1070. The zero-order valence-electron chi connectivity index (χ0n) is 15.8. The van der Waals surface area contributed by atoms with Crippen LogP contribution in [0.15, 0.2) is 40.6 Å². The smallest absolute Gasteiger partial charge is 0.231 e. The number of rotatable bonds is 0. The molecule has 0 N–H and O–H groups in total. The summed E-state index contributed by atoms with van der Waals surface area (Å²) in [6.07, 6.45) is 0. The molecule has 3 aromatic rings. The number of fused-ring (bicyclic) bond motifs is 4. The van der Waals surface area contributed by atoms with Gasteiger partial charge in [-0.05, 0) is 73.9 Å². The topological polar surface area (TPSA) is 43.2 Å². The third-order valence-electron chi connectivity index (χ3n) is 5.42. The maximum atomic E-state index is 6.00. The molecule has 132 valence electrons. The molecule has 1 heterocycles. The fourth-order valence-corrected chi connectivity index (χ4v) is 3.53. The van der Waals surface area contributed by atoms with Gasteiger partial charge in [-0.25, -0.2) is 0 Å².